The van der Waals surface area contributed by atoms with E-state index in [2.05, 4.69) is 20.8 Å². The molecule has 2 amide bonds. The Morgan fingerprint density at radius 3 is 2.78 bits per heavy atom. The molecule has 0 atom stereocenters. The number of rotatable bonds is 5. The Kier molecular flexibility index (Phi) is 4.91. The molecule has 2 rings (SSSR count). The van der Waals surface area contributed by atoms with Crippen molar-refractivity contribution in [3.8, 4) is 0 Å². The number of nitro groups is 1. The highest BCUT2D eigenvalue weighted by atomic mass is 35.5. The second-order valence-corrected chi connectivity index (χ2v) is 4.97. The molecule has 1 aromatic heterocycles. The minimum absolute atomic E-state index is 0.0694. The van der Waals surface area contributed by atoms with E-state index in [9.17, 15) is 19.7 Å². The van der Waals surface area contributed by atoms with E-state index in [0.29, 0.717) is 5.82 Å². The minimum Gasteiger partial charge on any atom is -0.343 e. The number of carbonyl (C=O) groups is 2. The quantitative estimate of drug-likeness (QED) is 0.564. The lowest BCUT2D eigenvalue weighted by atomic mass is 10.1. The van der Waals surface area contributed by atoms with Crippen molar-refractivity contribution in [2.75, 3.05) is 11.9 Å². The summed E-state index contributed by atoms with van der Waals surface area (Å²) in [7, 11) is 0. The highest BCUT2D eigenvalue weighted by molar-refractivity contribution is 6.34. The maximum Gasteiger partial charge on any atom is 0.283 e. The minimum atomic E-state index is -0.810. The maximum atomic E-state index is 12.0. The normalized spacial score (nSPS) is 10.2. The average Bonchev–Trinajstić information content (AvgIpc) is 2.89. The topological polar surface area (TPSA) is 130 Å². The Labute approximate surface area is 135 Å². The summed E-state index contributed by atoms with van der Waals surface area (Å²) < 4.78 is 0. The molecule has 0 aliphatic carbocycles. The van der Waals surface area contributed by atoms with Crippen molar-refractivity contribution in [1.82, 2.24) is 15.5 Å². The van der Waals surface area contributed by atoms with Crippen molar-refractivity contribution in [3.05, 3.63) is 50.7 Å². The lowest BCUT2D eigenvalue weighted by Crippen LogP contribution is -2.33. The number of aryl methyl sites for hydroxylation is 1. The molecule has 0 unspecified atom stereocenters. The number of H-pyrrole nitrogens is 1. The summed E-state index contributed by atoms with van der Waals surface area (Å²) in [5, 5.41) is 22.1. The van der Waals surface area contributed by atoms with Gasteiger partial charge < -0.3 is 10.6 Å². The van der Waals surface area contributed by atoms with Gasteiger partial charge in [0.15, 0.2) is 5.82 Å². The summed E-state index contributed by atoms with van der Waals surface area (Å²) in [6, 6.07) is 5.49. The first kappa shape index (κ1) is 16.4. The maximum absolute atomic E-state index is 12.0. The Morgan fingerprint density at radius 2 is 2.17 bits per heavy atom. The zero-order valence-electron chi connectivity index (χ0n) is 11.9. The van der Waals surface area contributed by atoms with Gasteiger partial charge in [-0.15, -0.1) is 0 Å². The summed E-state index contributed by atoms with van der Waals surface area (Å²) >= 11 is 5.84. The number of aromatic nitrogens is 2. The van der Waals surface area contributed by atoms with Crippen LogP contribution in [0.3, 0.4) is 0 Å². The predicted molar refractivity (Wildman–Crippen MR) is 82.4 cm³/mol. The number of nitro benzene ring substituents is 1. The van der Waals surface area contributed by atoms with Crippen molar-refractivity contribution >= 4 is 34.9 Å². The van der Waals surface area contributed by atoms with Gasteiger partial charge in [0.2, 0.25) is 5.91 Å². The number of anilines is 1. The number of nitrogens with one attached hydrogen (secondary N) is 3. The van der Waals surface area contributed by atoms with Gasteiger partial charge in [-0.1, -0.05) is 17.7 Å². The molecule has 9 nitrogen and oxygen atoms in total. The zero-order chi connectivity index (χ0) is 17.0. The molecular weight excluding hydrogens is 326 g/mol. The molecule has 3 N–H and O–H groups in total. The van der Waals surface area contributed by atoms with E-state index in [1.54, 1.807) is 13.0 Å². The second kappa shape index (κ2) is 6.88. The number of hydrogen-bond donors (Lipinski definition) is 3. The first-order valence-electron chi connectivity index (χ1n) is 6.41. The monoisotopic (exact) mass is 337 g/mol. The number of benzene rings is 1. The van der Waals surface area contributed by atoms with Gasteiger partial charge in [0.25, 0.3) is 11.6 Å². The van der Waals surface area contributed by atoms with Crippen molar-refractivity contribution in [2.24, 2.45) is 0 Å². The van der Waals surface area contributed by atoms with E-state index in [0.717, 1.165) is 11.8 Å². The Balaban J connectivity index is 2.02. The first-order valence-corrected chi connectivity index (χ1v) is 6.79. The van der Waals surface area contributed by atoms with E-state index in [4.69, 9.17) is 11.6 Å². The van der Waals surface area contributed by atoms with Crippen LogP contribution in [-0.2, 0) is 4.79 Å². The third-order valence-electron chi connectivity index (χ3n) is 2.80. The van der Waals surface area contributed by atoms with Crippen LogP contribution in [-0.4, -0.2) is 33.5 Å². The van der Waals surface area contributed by atoms with Crippen LogP contribution in [0.1, 0.15) is 16.1 Å². The molecule has 1 aromatic carbocycles. The smallest absolute Gasteiger partial charge is 0.283 e. The number of nitrogens with zero attached hydrogens (tertiary/aromatic N) is 2. The molecule has 0 saturated heterocycles. The van der Waals surface area contributed by atoms with E-state index in [1.165, 1.54) is 12.1 Å². The molecule has 120 valence electrons. The SMILES string of the molecule is Cc1cc(NC(=O)CNC(=O)c2c(Cl)cccc2[N+](=O)[O-])n[nH]1. The van der Waals surface area contributed by atoms with Crippen LogP contribution in [0.4, 0.5) is 11.5 Å². The van der Waals surface area contributed by atoms with Crippen molar-refractivity contribution < 1.29 is 14.5 Å². The number of hydrogen-bond acceptors (Lipinski definition) is 5. The highest BCUT2D eigenvalue weighted by Gasteiger charge is 2.23. The third kappa shape index (κ3) is 4.04. The van der Waals surface area contributed by atoms with E-state index < -0.39 is 22.4 Å². The van der Waals surface area contributed by atoms with Crippen LogP contribution < -0.4 is 10.6 Å². The Hall–Kier alpha value is -2.94. The summed E-state index contributed by atoms with van der Waals surface area (Å²) in [6.45, 7) is 1.38. The fourth-order valence-corrected chi connectivity index (χ4v) is 2.06. The molecule has 0 saturated carbocycles. The van der Waals surface area contributed by atoms with Gasteiger partial charge in [-0.3, -0.25) is 24.8 Å². The molecule has 0 bridgehead atoms. The van der Waals surface area contributed by atoms with Gasteiger partial charge in [-0.05, 0) is 13.0 Å². The van der Waals surface area contributed by atoms with Gasteiger partial charge in [-0.25, -0.2) is 0 Å². The molecule has 0 fully saturated rings. The van der Waals surface area contributed by atoms with Crippen molar-refractivity contribution in [1.29, 1.82) is 0 Å². The van der Waals surface area contributed by atoms with Crippen LogP contribution in [0.5, 0.6) is 0 Å². The number of aromatic amines is 1. The van der Waals surface area contributed by atoms with Gasteiger partial charge in [0, 0.05) is 17.8 Å². The van der Waals surface area contributed by atoms with E-state index in [-0.39, 0.29) is 17.1 Å². The summed E-state index contributed by atoms with van der Waals surface area (Å²) in [6.07, 6.45) is 0. The Bertz CT molecular complexity index is 773. The van der Waals surface area contributed by atoms with Crippen LogP contribution in [0.15, 0.2) is 24.3 Å². The van der Waals surface area contributed by atoms with Gasteiger partial charge >= 0.3 is 0 Å². The van der Waals surface area contributed by atoms with Gasteiger partial charge in [-0.2, -0.15) is 5.10 Å². The van der Waals surface area contributed by atoms with Crippen molar-refractivity contribution in [2.45, 2.75) is 6.92 Å². The molecule has 0 aliphatic heterocycles. The van der Waals surface area contributed by atoms with Crippen molar-refractivity contribution in [3.63, 3.8) is 0 Å². The number of halogens is 1. The molecule has 0 radical (unpaired) electrons. The van der Waals surface area contributed by atoms with Gasteiger partial charge in [0.05, 0.1) is 16.5 Å². The summed E-state index contributed by atoms with van der Waals surface area (Å²) in [4.78, 5) is 34.0. The lowest BCUT2D eigenvalue weighted by molar-refractivity contribution is -0.385. The molecular formula is C13H12ClN5O4. The highest BCUT2D eigenvalue weighted by Crippen LogP contribution is 2.25. The molecule has 2 aromatic rings. The second-order valence-electron chi connectivity index (χ2n) is 4.56. The third-order valence-corrected chi connectivity index (χ3v) is 3.11. The molecule has 23 heavy (non-hydrogen) atoms. The predicted octanol–water partition coefficient (Wildman–Crippen LogP) is 1.65. The van der Waals surface area contributed by atoms with Crippen LogP contribution in [0.25, 0.3) is 0 Å². The first-order chi connectivity index (χ1) is 10.9. The van der Waals surface area contributed by atoms with E-state index in [1.807, 2.05) is 0 Å². The largest absolute Gasteiger partial charge is 0.343 e. The summed E-state index contributed by atoms with van der Waals surface area (Å²) in [5.74, 6) is -1.03. The molecule has 0 spiro atoms. The zero-order valence-corrected chi connectivity index (χ0v) is 12.7. The lowest BCUT2D eigenvalue weighted by Gasteiger charge is -2.07. The summed E-state index contributed by atoms with van der Waals surface area (Å²) in [5.41, 5.74) is 0.0388. The molecule has 10 heteroatoms. The number of amides is 2. The average molecular weight is 338 g/mol. The van der Waals surface area contributed by atoms with Crippen LogP contribution >= 0.6 is 11.6 Å². The molecule has 0 aliphatic rings. The van der Waals surface area contributed by atoms with Gasteiger partial charge in [0.1, 0.15) is 5.56 Å². The fourth-order valence-electron chi connectivity index (χ4n) is 1.81. The Morgan fingerprint density at radius 1 is 1.43 bits per heavy atom. The van der Waals surface area contributed by atoms with Crippen LogP contribution in [0, 0.1) is 17.0 Å². The fraction of sp³-hybridized carbons (Fsp3) is 0.154. The number of carbonyl (C=O) groups excluding carboxylic acids is 2. The molecule has 1 heterocycles. The standard InChI is InChI=1S/C13H12ClN5O4/c1-7-5-10(18-17-7)16-11(20)6-15-13(21)12-8(14)3-2-4-9(12)19(22)23/h2-5H,6H2,1H3,(H,15,21)(H2,16,17,18,20). The van der Waals surface area contributed by atoms with E-state index >= 15 is 0 Å². The van der Waals surface area contributed by atoms with Crippen LogP contribution in [0.2, 0.25) is 5.02 Å².